The van der Waals surface area contributed by atoms with Gasteiger partial charge in [-0.05, 0) is 67.6 Å². The number of piperidine rings is 1. The van der Waals surface area contributed by atoms with E-state index < -0.39 is 0 Å². The highest BCUT2D eigenvalue weighted by molar-refractivity contribution is 6.30. The van der Waals surface area contributed by atoms with E-state index in [4.69, 9.17) is 11.6 Å². The summed E-state index contributed by atoms with van der Waals surface area (Å²) in [6.07, 6.45) is 2.39. The normalized spacial score (nSPS) is 16.5. The summed E-state index contributed by atoms with van der Waals surface area (Å²) < 4.78 is 0. The summed E-state index contributed by atoms with van der Waals surface area (Å²) in [5.74, 6) is 0. The molecule has 0 spiro atoms. The van der Waals surface area contributed by atoms with Crippen LogP contribution in [0.5, 0.6) is 0 Å². The zero-order valence-electron chi connectivity index (χ0n) is 14.0. The molecule has 1 aliphatic heterocycles. The Morgan fingerprint density at radius 2 is 1.61 bits per heavy atom. The zero-order valence-corrected chi connectivity index (χ0v) is 14.7. The van der Waals surface area contributed by atoms with Gasteiger partial charge in [0.15, 0.2) is 0 Å². The van der Waals surface area contributed by atoms with Gasteiger partial charge in [0.1, 0.15) is 0 Å². The number of benzene rings is 2. The molecule has 0 aliphatic carbocycles. The molecule has 122 valence electrons. The molecule has 1 fully saturated rings. The molecule has 1 saturated heterocycles. The topological polar surface area (TPSA) is 15.3 Å². The lowest BCUT2D eigenvalue weighted by Gasteiger charge is -2.33. The van der Waals surface area contributed by atoms with Crippen LogP contribution < -0.4 is 5.32 Å². The van der Waals surface area contributed by atoms with Crippen molar-refractivity contribution in [2.45, 2.75) is 39.3 Å². The van der Waals surface area contributed by atoms with Crippen molar-refractivity contribution in [3.63, 3.8) is 0 Å². The Balaban J connectivity index is 1.51. The number of hydrogen-bond donors (Lipinski definition) is 1. The van der Waals surface area contributed by atoms with Gasteiger partial charge in [0.05, 0.1) is 0 Å². The zero-order chi connectivity index (χ0) is 16.2. The average molecular weight is 329 g/mol. The Bertz CT molecular complexity index is 623. The Morgan fingerprint density at radius 3 is 2.22 bits per heavy atom. The molecule has 0 radical (unpaired) electrons. The van der Waals surface area contributed by atoms with Crippen LogP contribution in [0.25, 0.3) is 0 Å². The van der Waals surface area contributed by atoms with Gasteiger partial charge in [-0.1, -0.05) is 29.8 Å². The fourth-order valence-corrected chi connectivity index (χ4v) is 3.50. The van der Waals surface area contributed by atoms with Gasteiger partial charge in [-0.25, -0.2) is 0 Å². The Hall–Kier alpha value is -1.51. The van der Waals surface area contributed by atoms with Crippen LogP contribution in [0.1, 0.15) is 29.5 Å². The minimum atomic E-state index is 0.581. The molecule has 0 amide bonds. The van der Waals surface area contributed by atoms with E-state index in [9.17, 15) is 0 Å². The Labute approximate surface area is 144 Å². The minimum Gasteiger partial charge on any atom is -0.382 e. The molecule has 3 heteroatoms. The van der Waals surface area contributed by atoms with Crippen LogP contribution in [-0.2, 0) is 6.54 Å². The number of hydrogen-bond acceptors (Lipinski definition) is 2. The van der Waals surface area contributed by atoms with Crippen LogP contribution in [0.15, 0.2) is 42.5 Å². The highest BCUT2D eigenvalue weighted by Crippen LogP contribution is 2.20. The largest absolute Gasteiger partial charge is 0.382 e. The van der Waals surface area contributed by atoms with E-state index in [1.807, 2.05) is 12.1 Å². The Morgan fingerprint density at radius 1 is 1.00 bits per heavy atom. The van der Waals surface area contributed by atoms with Crippen LogP contribution >= 0.6 is 11.6 Å². The molecule has 2 aromatic carbocycles. The third-order valence-electron chi connectivity index (χ3n) is 4.50. The van der Waals surface area contributed by atoms with E-state index in [0.29, 0.717) is 6.04 Å². The summed E-state index contributed by atoms with van der Waals surface area (Å²) >= 11 is 5.95. The molecule has 0 aromatic heterocycles. The van der Waals surface area contributed by atoms with E-state index in [1.54, 1.807) is 0 Å². The number of aryl methyl sites for hydroxylation is 2. The molecule has 2 aromatic rings. The van der Waals surface area contributed by atoms with E-state index in [-0.39, 0.29) is 0 Å². The molecular weight excluding hydrogens is 304 g/mol. The molecule has 1 heterocycles. The van der Waals surface area contributed by atoms with Crippen LogP contribution in [0.4, 0.5) is 5.69 Å². The first-order chi connectivity index (χ1) is 11.1. The molecular formula is C20H25ClN2. The minimum absolute atomic E-state index is 0.581. The van der Waals surface area contributed by atoms with E-state index in [0.717, 1.165) is 24.7 Å². The first-order valence-electron chi connectivity index (χ1n) is 8.40. The van der Waals surface area contributed by atoms with Gasteiger partial charge in [0.2, 0.25) is 0 Å². The van der Waals surface area contributed by atoms with Gasteiger partial charge in [-0.2, -0.15) is 0 Å². The summed E-state index contributed by atoms with van der Waals surface area (Å²) in [7, 11) is 0. The van der Waals surface area contributed by atoms with Gasteiger partial charge in [0, 0.05) is 36.4 Å². The Kier molecular flexibility index (Phi) is 5.24. The van der Waals surface area contributed by atoms with Crippen molar-refractivity contribution in [3.8, 4) is 0 Å². The monoisotopic (exact) mass is 328 g/mol. The second-order valence-corrected chi connectivity index (χ2v) is 7.13. The van der Waals surface area contributed by atoms with Gasteiger partial charge in [0.25, 0.3) is 0 Å². The number of likely N-dealkylation sites (tertiary alicyclic amines) is 1. The molecule has 0 saturated carbocycles. The van der Waals surface area contributed by atoms with E-state index >= 15 is 0 Å². The van der Waals surface area contributed by atoms with Crippen molar-refractivity contribution in [1.82, 2.24) is 4.90 Å². The highest BCUT2D eigenvalue weighted by atomic mass is 35.5. The second-order valence-electron chi connectivity index (χ2n) is 6.70. The smallest absolute Gasteiger partial charge is 0.0406 e. The number of nitrogens with one attached hydrogen (secondary N) is 1. The van der Waals surface area contributed by atoms with E-state index in [2.05, 4.69) is 54.4 Å². The van der Waals surface area contributed by atoms with Crippen molar-refractivity contribution in [3.05, 3.63) is 64.2 Å². The van der Waals surface area contributed by atoms with Crippen molar-refractivity contribution in [1.29, 1.82) is 0 Å². The predicted molar refractivity (Wildman–Crippen MR) is 99.3 cm³/mol. The first-order valence-corrected chi connectivity index (χ1v) is 8.78. The van der Waals surface area contributed by atoms with Gasteiger partial charge < -0.3 is 5.32 Å². The molecule has 0 atom stereocenters. The lowest BCUT2D eigenvalue weighted by atomic mass is 10.0. The summed E-state index contributed by atoms with van der Waals surface area (Å²) in [5, 5.41) is 4.52. The van der Waals surface area contributed by atoms with Crippen LogP contribution in [-0.4, -0.2) is 24.0 Å². The van der Waals surface area contributed by atoms with Crippen LogP contribution in [0.3, 0.4) is 0 Å². The number of rotatable bonds is 4. The van der Waals surface area contributed by atoms with Crippen molar-refractivity contribution in [2.75, 3.05) is 18.4 Å². The van der Waals surface area contributed by atoms with E-state index in [1.165, 1.54) is 35.2 Å². The molecule has 1 N–H and O–H groups in total. The highest BCUT2D eigenvalue weighted by Gasteiger charge is 2.19. The lowest BCUT2D eigenvalue weighted by molar-refractivity contribution is 0.211. The number of nitrogens with zero attached hydrogens (tertiary/aromatic N) is 1. The van der Waals surface area contributed by atoms with Gasteiger partial charge in [-0.3, -0.25) is 4.90 Å². The number of halogens is 1. The summed E-state index contributed by atoms with van der Waals surface area (Å²) in [5.41, 5.74) is 5.26. The third-order valence-corrected chi connectivity index (χ3v) is 4.75. The van der Waals surface area contributed by atoms with Crippen molar-refractivity contribution >= 4 is 17.3 Å². The predicted octanol–water partition coefficient (Wildman–Crippen LogP) is 5.03. The lowest BCUT2D eigenvalue weighted by Crippen LogP contribution is -2.38. The molecule has 1 aliphatic rings. The maximum atomic E-state index is 5.95. The summed E-state index contributed by atoms with van der Waals surface area (Å²) in [4.78, 5) is 2.53. The molecule has 0 bridgehead atoms. The van der Waals surface area contributed by atoms with Gasteiger partial charge in [-0.15, -0.1) is 0 Å². The maximum Gasteiger partial charge on any atom is 0.0406 e. The first kappa shape index (κ1) is 16.4. The fraction of sp³-hybridized carbons (Fsp3) is 0.400. The molecule has 2 nitrogen and oxygen atoms in total. The second kappa shape index (κ2) is 7.37. The molecule has 3 rings (SSSR count). The van der Waals surface area contributed by atoms with Gasteiger partial charge >= 0.3 is 0 Å². The average Bonchev–Trinajstić information content (AvgIpc) is 2.50. The van der Waals surface area contributed by atoms with Crippen molar-refractivity contribution in [2.24, 2.45) is 0 Å². The standard InChI is InChI=1S/C20H25ClN2/c1-15-11-16(2)13-20(12-15)22-19-7-9-23(10-8-19)14-17-3-5-18(21)6-4-17/h3-6,11-13,19,22H,7-10,14H2,1-2H3. The molecule has 0 unspecified atom stereocenters. The third kappa shape index (κ3) is 4.73. The molecule has 23 heavy (non-hydrogen) atoms. The summed E-state index contributed by atoms with van der Waals surface area (Å²) in [6, 6.07) is 15.5. The van der Waals surface area contributed by atoms with Crippen LogP contribution in [0, 0.1) is 13.8 Å². The summed E-state index contributed by atoms with van der Waals surface area (Å²) in [6.45, 7) is 7.63. The van der Waals surface area contributed by atoms with Crippen LogP contribution in [0.2, 0.25) is 5.02 Å². The fourth-order valence-electron chi connectivity index (χ4n) is 3.38. The number of anilines is 1. The maximum absolute atomic E-state index is 5.95. The van der Waals surface area contributed by atoms with Crippen molar-refractivity contribution < 1.29 is 0 Å². The SMILES string of the molecule is Cc1cc(C)cc(NC2CCN(Cc3ccc(Cl)cc3)CC2)c1. The quantitative estimate of drug-likeness (QED) is 0.846.